The number of hydrogen-bond acceptors (Lipinski definition) is 5. The van der Waals surface area contributed by atoms with Gasteiger partial charge in [0.05, 0.1) is 24.9 Å². The molecule has 0 aromatic carbocycles. The van der Waals surface area contributed by atoms with E-state index >= 15 is 0 Å². The molecule has 0 aliphatic heterocycles. The van der Waals surface area contributed by atoms with Crippen molar-refractivity contribution in [3.63, 3.8) is 0 Å². The molecule has 7 heteroatoms. The minimum absolute atomic E-state index is 0.102. The van der Waals surface area contributed by atoms with Crippen LogP contribution in [0.2, 0.25) is 0 Å². The Morgan fingerprint density at radius 1 is 1.62 bits per heavy atom. The molecule has 0 amide bonds. The SMILES string of the molecule is CCC(CO)n1nnc(C(=O)O)c1COC. The first-order chi connectivity index (χ1) is 7.65. The second kappa shape index (κ2) is 5.57. The first kappa shape index (κ1) is 12.6. The van der Waals surface area contributed by atoms with Crippen molar-refractivity contribution in [2.75, 3.05) is 13.7 Å². The quantitative estimate of drug-likeness (QED) is 0.716. The first-order valence-corrected chi connectivity index (χ1v) is 4.92. The molecule has 0 spiro atoms. The van der Waals surface area contributed by atoms with Gasteiger partial charge < -0.3 is 14.9 Å². The second-order valence-electron chi connectivity index (χ2n) is 3.31. The van der Waals surface area contributed by atoms with Crippen molar-refractivity contribution in [3.05, 3.63) is 11.4 Å². The van der Waals surface area contributed by atoms with Gasteiger partial charge in [0.15, 0.2) is 5.69 Å². The maximum Gasteiger partial charge on any atom is 0.358 e. The second-order valence-corrected chi connectivity index (χ2v) is 3.31. The Labute approximate surface area is 92.6 Å². The predicted octanol–water partition coefficient (Wildman–Crippen LogP) is 0.0661. The van der Waals surface area contributed by atoms with Crippen LogP contribution in [0.5, 0.6) is 0 Å². The van der Waals surface area contributed by atoms with Gasteiger partial charge in [0.1, 0.15) is 0 Å². The summed E-state index contributed by atoms with van der Waals surface area (Å²) in [5, 5.41) is 25.4. The van der Waals surface area contributed by atoms with E-state index in [9.17, 15) is 4.79 Å². The Balaban J connectivity index is 3.13. The lowest BCUT2D eigenvalue weighted by Crippen LogP contribution is -2.18. The number of rotatable bonds is 6. The van der Waals surface area contributed by atoms with Crippen LogP contribution in [0.15, 0.2) is 0 Å². The molecule has 1 rings (SSSR count). The molecule has 1 unspecified atom stereocenters. The van der Waals surface area contributed by atoms with Crippen LogP contribution in [0, 0.1) is 0 Å². The van der Waals surface area contributed by atoms with E-state index in [0.29, 0.717) is 12.1 Å². The molecule has 0 aliphatic carbocycles. The summed E-state index contributed by atoms with van der Waals surface area (Å²) in [6.45, 7) is 1.86. The van der Waals surface area contributed by atoms with Crippen LogP contribution in [0.25, 0.3) is 0 Å². The van der Waals surface area contributed by atoms with Crippen LogP contribution in [0.1, 0.15) is 35.6 Å². The number of methoxy groups -OCH3 is 1. The lowest BCUT2D eigenvalue weighted by atomic mass is 10.2. The van der Waals surface area contributed by atoms with E-state index in [2.05, 4.69) is 10.3 Å². The Morgan fingerprint density at radius 3 is 2.75 bits per heavy atom. The van der Waals surface area contributed by atoms with Crippen molar-refractivity contribution in [1.82, 2.24) is 15.0 Å². The number of carboxylic acid groups (broad SMARTS) is 1. The Hall–Kier alpha value is -1.47. The van der Waals surface area contributed by atoms with E-state index in [-0.39, 0.29) is 24.9 Å². The van der Waals surface area contributed by atoms with Crippen molar-refractivity contribution in [1.29, 1.82) is 0 Å². The highest BCUT2D eigenvalue weighted by atomic mass is 16.5. The highest BCUT2D eigenvalue weighted by Gasteiger charge is 2.22. The van der Waals surface area contributed by atoms with Gasteiger partial charge in [-0.3, -0.25) is 0 Å². The largest absolute Gasteiger partial charge is 0.476 e. The number of aliphatic hydroxyl groups excluding tert-OH is 1. The van der Waals surface area contributed by atoms with Gasteiger partial charge >= 0.3 is 5.97 Å². The van der Waals surface area contributed by atoms with E-state index in [0.717, 1.165) is 0 Å². The number of hydrogen-bond donors (Lipinski definition) is 2. The number of carboxylic acids is 1. The summed E-state index contributed by atoms with van der Waals surface area (Å²) in [5.74, 6) is -1.15. The summed E-state index contributed by atoms with van der Waals surface area (Å²) >= 11 is 0. The maximum absolute atomic E-state index is 10.9. The van der Waals surface area contributed by atoms with Gasteiger partial charge in [-0.25, -0.2) is 9.48 Å². The average Bonchev–Trinajstić information content (AvgIpc) is 2.65. The van der Waals surface area contributed by atoms with Crippen molar-refractivity contribution in [2.24, 2.45) is 0 Å². The molecule has 0 radical (unpaired) electrons. The van der Waals surface area contributed by atoms with Crippen LogP contribution in [0.3, 0.4) is 0 Å². The standard InChI is InChI=1S/C9H15N3O4/c1-3-6(4-13)12-7(5-16-2)8(9(14)15)10-11-12/h6,13H,3-5H2,1-2H3,(H,14,15). The fourth-order valence-electron chi connectivity index (χ4n) is 1.42. The average molecular weight is 229 g/mol. The third-order valence-electron chi connectivity index (χ3n) is 2.30. The van der Waals surface area contributed by atoms with Gasteiger partial charge in [0.25, 0.3) is 0 Å². The van der Waals surface area contributed by atoms with E-state index in [1.54, 1.807) is 0 Å². The maximum atomic E-state index is 10.9. The molecular weight excluding hydrogens is 214 g/mol. The molecule has 0 bridgehead atoms. The summed E-state index contributed by atoms with van der Waals surface area (Å²) in [6, 6.07) is -0.272. The summed E-state index contributed by atoms with van der Waals surface area (Å²) in [7, 11) is 1.46. The topological polar surface area (TPSA) is 97.5 Å². The normalized spacial score (nSPS) is 12.7. The molecule has 0 fully saturated rings. The summed E-state index contributed by atoms with van der Waals surface area (Å²) in [6.07, 6.45) is 0.635. The fourth-order valence-corrected chi connectivity index (χ4v) is 1.42. The zero-order valence-corrected chi connectivity index (χ0v) is 9.25. The third kappa shape index (κ3) is 2.37. The van der Waals surface area contributed by atoms with Crippen molar-refractivity contribution >= 4 is 5.97 Å². The number of nitrogens with zero attached hydrogens (tertiary/aromatic N) is 3. The minimum atomic E-state index is -1.15. The molecule has 1 atom stereocenters. The molecule has 0 saturated carbocycles. The van der Waals surface area contributed by atoms with Crippen molar-refractivity contribution < 1.29 is 19.7 Å². The van der Waals surface area contributed by atoms with E-state index < -0.39 is 5.97 Å². The number of aliphatic hydroxyl groups is 1. The lowest BCUT2D eigenvalue weighted by molar-refractivity contribution is 0.0684. The Bertz CT molecular complexity index is 360. The zero-order chi connectivity index (χ0) is 12.1. The smallest absolute Gasteiger partial charge is 0.358 e. The number of carbonyl (C=O) groups is 1. The molecule has 16 heavy (non-hydrogen) atoms. The summed E-state index contributed by atoms with van der Waals surface area (Å²) < 4.78 is 6.32. The molecule has 1 aromatic rings. The van der Waals surface area contributed by atoms with E-state index in [1.165, 1.54) is 11.8 Å². The van der Waals surface area contributed by atoms with E-state index in [4.69, 9.17) is 14.9 Å². The molecule has 1 heterocycles. The van der Waals surface area contributed by atoms with Gasteiger partial charge in [-0.05, 0) is 6.42 Å². The first-order valence-electron chi connectivity index (χ1n) is 4.92. The van der Waals surface area contributed by atoms with E-state index in [1.807, 2.05) is 6.92 Å². The molecule has 7 nitrogen and oxygen atoms in total. The van der Waals surface area contributed by atoms with Crippen molar-refractivity contribution in [3.8, 4) is 0 Å². The number of aromatic nitrogens is 3. The van der Waals surface area contributed by atoms with Gasteiger partial charge in [-0.1, -0.05) is 12.1 Å². The molecule has 2 N–H and O–H groups in total. The Kier molecular flexibility index (Phi) is 4.39. The third-order valence-corrected chi connectivity index (χ3v) is 2.30. The molecule has 90 valence electrons. The molecule has 1 aromatic heterocycles. The number of aromatic carboxylic acids is 1. The van der Waals surface area contributed by atoms with Gasteiger partial charge in [-0.15, -0.1) is 5.10 Å². The molecule has 0 saturated heterocycles. The lowest BCUT2D eigenvalue weighted by Gasteiger charge is -2.14. The highest BCUT2D eigenvalue weighted by Crippen LogP contribution is 2.15. The van der Waals surface area contributed by atoms with Gasteiger partial charge in [0, 0.05) is 7.11 Å². The van der Waals surface area contributed by atoms with Crippen LogP contribution in [-0.2, 0) is 11.3 Å². The number of ether oxygens (including phenoxy) is 1. The Morgan fingerprint density at radius 2 is 2.31 bits per heavy atom. The minimum Gasteiger partial charge on any atom is -0.476 e. The van der Waals surface area contributed by atoms with Crippen molar-refractivity contribution in [2.45, 2.75) is 26.0 Å². The molecule has 0 aliphatic rings. The molecular formula is C9H15N3O4. The van der Waals surface area contributed by atoms with Gasteiger partial charge in [-0.2, -0.15) is 0 Å². The van der Waals surface area contributed by atoms with Crippen LogP contribution in [-0.4, -0.2) is 44.9 Å². The van der Waals surface area contributed by atoms with Crippen LogP contribution >= 0.6 is 0 Å². The van der Waals surface area contributed by atoms with Gasteiger partial charge in [0.2, 0.25) is 0 Å². The van der Waals surface area contributed by atoms with Crippen LogP contribution in [0.4, 0.5) is 0 Å². The van der Waals surface area contributed by atoms with Crippen LogP contribution < -0.4 is 0 Å². The summed E-state index contributed by atoms with van der Waals surface area (Å²) in [5.41, 5.74) is 0.240. The summed E-state index contributed by atoms with van der Waals surface area (Å²) in [4.78, 5) is 10.9. The fraction of sp³-hybridized carbons (Fsp3) is 0.667. The monoisotopic (exact) mass is 229 g/mol. The predicted molar refractivity (Wildman–Crippen MR) is 54.1 cm³/mol. The highest BCUT2D eigenvalue weighted by molar-refractivity contribution is 5.86. The zero-order valence-electron chi connectivity index (χ0n) is 9.25.